The van der Waals surface area contributed by atoms with Crippen LogP contribution >= 0.6 is 0 Å². The van der Waals surface area contributed by atoms with Gasteiger partial charge in [0.15, 0.2) is 5.78 Å². The lowest BCUT2D eigenvalue weighted by Crippen LogP contribution is -2.62. The molecule has 0 saturated carbocycles. The zero-order valence-electron chi connectivity index (χ0n) is 14.8. The quantitative estimate of drug-likeness (QED) is 0.746. The van der Waals surface area contributed by atoms with Crippen LogP contribution < -0.4 is 16.4 Å². The van der Waals surface area contributed by atoms with Crippen LogP contribution in [0.15, 0.2) is 59.9 Å². The predicted octanol–water partition coefficient (Wildman–Crippen LogP) is 1.27. The Bertz CT molecular complexity index is 979. The number of fused-ring (bicyclic) bond motifs is 1. The first-order chi connectivity index (χ1) is 12.9. The predicted molar refractivity (Wildman–Crippen MR) is 103 cm³/mol. The Morgan fingerprint density at radius 2 is 1.93 bits per heavy atom. The van der Waals surface area contributed by atoms with Crippen molar-refractivity contribution in [3.05, 3.63) is 66.0 Å². The highest BCUT2D eigenvalue weighted by molar-refractivity contribution is 6.22. The number of carbonyl (C=O) groups is 2. The van der Waals surface area contributed by atoms with Crippen molar-refractivity contribution in [1.29, 1.82) is 0 Å². The van der Waals surface area contributed by atoms with Crippen molar-refractivity contribution < 1.29 is 9.59 Å². The number of amides is 1. The van der Waals surface area contributed by atoms with Crippen molar-refractivity contribution in [3.8, 4) is 0 Å². The van der Waals surface area contributed by atoms with E-state index < -0.39 is 11.6 Å². The van der Waals surface area contributed by atoms with Crippen LogP contribution in [0.4, 0.5) is 5.69 Å². The molecule has 3 heterocycles. The summed E-state index contributed by atoms with van der Waals surface area (Å²) in [5.74, 6) is -0.176. The van der Waals surface area contributed by atoms with Crippen molar-refractivity contribution in [2.45, 2.75) is 24.9 Å². The summed E-state index contributed by atoms with van der Waals surface area (Å²) < 4.78 is 0. The summed E-state index contributed by atoms with van der Waals surface area (Å²) in [6.45, 7) is 1.59. The molecule has 2 aliphatic rings. The van der Waals surface area contributed by atoms with E-state index in [0.29, 0.717) is 12.1 Å². The molecular weight excluding hydrogens is 342 g/mol. The summed E-state index contributed by atoms with van der Waals surface area (Å²) in [4.78, 5) is 33.6. The maximum Gasteiger partial charge on any atom is 0.247 e. The number of aromatic nitrogens is 1. The number of nitrogens with zero attached hydrogens (tertiary/aromatic N) is 2. The molecule has 0 spiro atoms. The highest BCUT2D eigenvalue weighted by Gasteiger charge is 2.39. The Morgan fingerprint density at radius 1 is 1.19 bits per heavy atom. The van der Waals surface area contributed by atoms with E-state index in [1.165, 1.54) is 6.08 Å². The molecule has 7 nitrogen and oxygen atoms in total. The van der Waals surface area contributed by atoms with Gasteiger partial charge in [0.05, 0.1) is 5.70 Å². The Balaban J connectivity index is 1.65. The number of aliphatic imine (C=N–C) groups is 1. The zero-order valence-corrected chi connectivity index (χ0v) is 14.8. The molecular formula is C20H19N5O2. The number of ketones is 1. The van der Waals surface area contributed by atoms with E-state index in [9.17, 15) is 9.59 Å². The highest BCUT2D eigenvalue weighted by atomic mass is 16.2. The molecule has 1 aromatic carbocycles. The number of para-hydroxylation sites is 1. The van der Waals surface area contributed by atoms with Gasteiger partial charge in [-0.15, -0.1) is 0 Å². The van der Waals surface area contributed by atoms with E-state index in [4.69, 9.17) is 5.73 Å². The third kappa shape index (κ3) is 3.13. The fourth-order valence-electron chi connectivity index (χ4n) is 3.15. The second kappa shape index (κ2) is 6.44. The summed E-state index contributed by atoms with van der Waals surface area (Å²) in [5, 5.41) is 5.98. The number of hydrogen-bond acceptors (Lipinski definition) is 6. The molecule has 0 bridgehead atoms. The first kappa shape index (κ1) is 17.1. The van der Waals surface area contributed by atoms with Crippen LogP contribution in [0.5, 0.6) is 0 Å². The SMILES string of the molecule is CC1(N)C(=O)C=C(c2ccncc2)N=C1N[C@H]1Cc2ccccc2NC1=O. The highest BCUT2D eigenvalue weighted by Crippen LogP contribution is 2.25. The fraction of sp³-hybridized carbons (Fsp3) is 0.200. The number of nitrogens with two attached hydrogens (primary N) is 1. The molecule has 0 fully saturated rings. The molecule has 1 amide bonds. The summed E-state index contributed by atoms with van der Waals surface area (Å²) in [5.41, 5.74) is 7.97. The minimum atomic E-state index is -1.33. The first-order valence-corrected chi connectivity index (χ1v) is 8.65. The second-order valence-electron chi connectivity index (χ2n) is 6.84. The van der Waals surface area contributed by atoms with Gasteiger partial charge < -0.3 is 16.4 Å². The van der Waals surface area contributed by atoms with Gasteiger partial charge in [0, 0.05) is 36.1 Å². The average Bonchev–Trinajstić information content (AvgIpc) is 2.66. The smallest absolute Gasteiger partial charge is 0.247 e. The maximum atomic E-state index is 12.6. The van der Waals surface area contributed by atoms with Crippen molar-refractivity contribution in [2.75, 3.05) is 5.32 Å². The van der Waals surface area contributed by atoms with Crippen molar-refractivity contribution in [1.82, 2.24) is 10.3 Å². The van der Waals surface area contributed by atoms with Crippen LogP contribution in [0.25, 0.3) is 5.70 Å². The number of benzene rings is 1. The van der Waals surface area contributed by atoms with E-state index in [-0.39, 0.29) is 17.5 Å². The molecule has 1 unspecified atom stereocenters. The molecule has 7 heteroatoms. The van der Waals surface area contributed by atoms with Crippen LogP contribution in [0.3, 0.4) is 0 Å². The Kier molecular flexibility index (Phi) is 4.08. The Labute approximate surface area is 156 Å². The van der Waals surface area contributed by atoms with Gasteiger partial charge >= 0.3 is 0 Å². The van der Waals surface area contributed by atoms with E-state index >= 15 is 0 Å². The number of pyridine rings is 1. The first-order valence-electron chi connectivity index (χ1n) is 8.65. The number of carbonyl (C=O) groups excluding carboxylic acids is 2. The third-order valence-electron chi connectivity index (χ3n) is 4.81. The Morgan fingerprint density at radius 3 is 2.70 bits per heavy atom. The summed E-state index contributed by atoms with van der Waals surface area (Å²) >= 11 is 0. The fourth-order valence-corrected chi connectivity index (χ4v) is 3.15. The molecule has 2 aliphatic heterocycles. The van der Waals surface area contributed by atoms with Crippen LogP contribution in [-0.2, 0) is 16.0 Å². The average molecular weight is 361 g/mol. The molecule has 0 saturated heterocycles. The van der Waals surface area contributed by atoms with Crippen molar-refractivity contribution in [2.24, 2.45) is 10.7 Å². The minimum Gasteiger partial charge on any atom is -0.360 e. The molecule has 1 aromatic heterocycles. The molecule has 0 radical (unpaired) electrons. The normalized spacial score (nSPS) is 24.4. The molecule has 2 aromatic rings. The van der Waals surface area contributed by atoms with E-state index in [1.807, 2.05) is 24.3 Å². The summed E-state index contributed by atoms with van der Waals surface area (Å²) in [6, 6.07) is 10.6. The van der Waals surface area contributed by atoms with Gasteiger partial charge in [-0.2, -0.15) is 0 Å². The van der Waals surface area contributed by atoms with E-state index in [1.54, 1.807) is 31.5 Å². The number of hydrogen-bond donors (Lipinski definition) is 3. The third-order valence-corrected chi connectivity index (χ3v) is 4.81. The number of nitrogens with one attached hydrogen (secondary N) is 2. The van der Waals surface area contributed by atoms with Crippen molar-refractivity contribution >= 4 is 28.9 Å². The largest absolute Gasteiger partial charge is 0.360 e. The van der Waals surface area contributed by atoms with Gasteiger partial charge in [-0.1, -0.05) is 18.2 Å². The second-order valence-corrected chi connectivity index (χ2v) is 6.84. The van der Waals surface area contributed by atoms with E-state index in [0.717, 1.165) is 16.8 Å². The minimum absolute atomic E-state index is 0.181. The number of amidine groups is 1. The van der Waals surface area contributed by atoms with Crippen LogP contribution in [0.2, 0.25) is 0 Å². The van der Waals surface area contributed by atoms with Crippen molar-refractivity contribution in [3.63, 3.8) is 0 Å². The number of anilines is 1. The van der Waals surface area contributed by atoms with Crippen LogP contribution in [0.1, 0.15) is 18.1 Å². The monoisotopic (exact) mass is 361 g/mol. The molecule has 0 aliphatic carbocycles. The lowest BCUT2D eigenvalue weighted by Gasteiger charge is -2.33. The Hall–Kier alpha value is -3.32. The van der Waals surface area contributed by atoms with Gasteiger partial charge in [0.1, 0.15) is 17.4 Å². The van der Waals surface area contributed by atoms with Crippen LogP contribution in [0, 0.1) is 0 Å². The molecule has 27 heavy (non-hydrogen) atoms. The van der Waals surface area contributed by atoms with Gasteiger partial charge in [0.2, 0.25) is 5.91 Å². The van der Waals surface area contributed by atoms with Gasteiger partial charge in [0.25, 0.3) is 0 Å². The lowest BCUT2D eigenvalue weighted by atomic mass is 9.90. The van der Waals surface area contributed by atoms with Gasteiger partial charge in [-0.25, -0.2) is 4.99 Å². The molecule has 4 N–H and O–H groups in total. The standard InChI is InChI=1S/C20H19N5O2/c1-20(21)17(26)11-15(12-6-8-22-9-7-12)24-19(20)25-16-10-13-4-2-3-5-14(13)23-18(16)27/h2-9,11,16H,10,21H2,1H3,(H,23,27)(H,24,25)/t16-,20?/m0/s1. The van der Waals surface area contributed by atoms with Gasteiger partial charge in [-0.3, -0.25) is 14.6 Å². The molecule has 136 valence electrons. The van der Waals surface area contributed by atoms with E-state index in [2.05, 4.69) is 20.6 Å². The summed E-state index contributed by atoms with van der Waals surface area (Å²) in [7, 11) is 0. The maximum absolute atomic E-state index is 12.6. The molecule has 2 atom stereocenters. The van der Waals surface area contributed by atoms with Crippen LogP contribution in [-0.4, -0.2) is 34.1 Å². The number of rotatable bonds is 2. The topological polar surface area (TPSA) is 109 Å². The molecule has 4 rings (SSSR count). The zero-order chi connectivity index (χ0) is 19.0. The summed E-state index contributed by atoms with van der Waals surface area (Å²) in [6.07, 6.45) is 5.17. The lowest BCUT2D eigenvalue weighted by molar-refractivity contribution is -0.119. The van der Waals surface area contributed by atoms with Gasteiger partial charge in [-0.05, 0) is 30.7 Å².